The third-order valence-corrected chi connectivity index (χ3v) is 4.47. The van der Waals surface area contributed by atoms with Crippen LogP contribution in [0.4, 0.5) is 0 Å². The van der Waals surface area contributed by atoms with Crippen molar-refractivity contribution < 1.29 is 0 Å². The molecule has 2 heteroatoms. The average Bonchev–Trinajstić information content (AvgIpc) is 2.51. The van der Waals surface area contributed by atoms with E-state index < -0.39 is 0 Å². The number of hydrogen-bond acceptors (Lipinski definition) is 2. The smallest absolute Gasteiger partial charge is 0.0504 e. The number of benzene rings is 1. The lowest BCUT2D eigenvalue weighted by Crippen LogP contribution is -2.40. The Labute approximate surface area is 118 Å². The van der Waals surface area contributed by atoms with Gasteiger partial charge in [0.15, 0.2) is 0 Å². The minimum absolute atomic E-state index is 0.266. The summed E-state index contributed by atoms with van der Waals surface area (Å²) in [5.74, 6) is 0. The highest BCUT2D eigenvalue weighted by Crippen LogP contribution is 2.33. The molecule has 1 aliphatic heterocycles. The molecule has 2 nitrogen and oxygen atoms in total. The molecule has 0 saturated carbocycles. The Morgan fingerprint density at radius 3 is 2.37 bits per heavy atom. The van der Waals surface area contributed by atoms with Gasteiger partial charge in [-0.05, 0) is 63.4 Å². The van der Waals surface area contributed by atoms with Crippen molar-refractivity contribution in [1.82, 2.24) is 4.90 Å². The summed E-state index contributed by atoms with van der Waals surface area (Å²) < 4.78 is 0. The van der Waals surface area contributed by atoms with E-state index in [-0.39, 0.29) is 6.04 Å². The molecule has 0 spiro atoms. The predicted octanol–water partition coefficient (Wildman–Crippen LogP) is 3.49. The third kappa shape index (κ3) is 3.01. The van der Waals surface area contributed by atoms with E-state index in [9.17, 15) is 0 Å². The molecule has 2 atom stereocenters. The second kappa shape index (κ2) is 6.06. The van der Waals surface area contributed by atoms with Gasteiger partial charge < -0.3 is 5.73 Å². The van der Waals surface area contributed by atoms with Crippen LogP contribution in [0.2, 0.25) is 0 Å². The zero-order valence-corrected chi connectivity index (χ0v) is 12.9. The summed E-state index contributed by atoms with van der Waals surface area (Å²) in [5, 5.41) is 0. The van der Waals surface area contributed by atoms with Crippen LogP contribution in [0.1, 0.15) is 54.5 Å². The van der Waals surface area contributed by atoms with Gasteiger partial charge in [-0.1, -0.05) is 31.0 Å². The van der Waals surface area contributed by atoms with Crippen LogP contribution in [-0.2, 0) is 0 Å². The number of likely N-dealkylation sites (tertiary alicyclic amines) is 1. The number of rotatable bonds is 2. The average molecular weight is 260 g/mol. The summed E-state index contributed by atoms with van der Waals surface area (Å²) in [4.78, 5) is 2.57. The predicted molar refractivity (Wildman–Crippen MR) is 82.5 cm³/mol. The fourth-order valence-electron chi connectivity index (χ4n) is 3.67. The van der Waals surface area contributed by atoms with Gasteiger partial charge in [0.25, 0.3) is 0 Å². The maximum absolute atomic E-state index is 6.51. The molecule has 0 aliphatic carbocycles. The van der Waals surface area contributed by atoms with Gasteiger partial charge in [0, 0.05) is 6.04 Å². The molecular formula is C17H28N2. The maximum Gasteiger partial charge on any atom is 0.0504 e. The van der Waals surface area contributed by atoms with E-state index in [0.29, 0.717) is 6.04 Å². The highest BCUT2D eigenvalue weighted by atomic mass is 15.2. The second-order valence-electron chi connectivity index (χ2n) is 6.05. The Morgan fingerprint density at radius 1 is 1.16 bits per heavy atom. The van der Waals surface area contributed by atoms with E-state index in [1.807, 2.05) is 0 Å². The van der Waals surface area contributed by atoms with Gasteiger partial charge in [0.2, 0.25) is 0 Å². The molecule has 1 fully saturated rings. The number of hydrogen-bond donors (Lipinski definition) is 1. The van der Waals surface area contributed by atoms with Crippen LogP contribution in [0.5, 0.6) is 0 Å². The first-order valence-corrected chi connectivity index (χ1v) is 7.62. The summed E-state index contributed by atoms with van der Waals surface area (Å²) in [6, 6.07) is 5.26. The van der Waals surface area contributed by atoms with Gasteiger partial charge in [-0.15, -0.1) is 0 Å². The van der Waals surface area contributed by atoms with Gasteiger partial charge in [0.05, 0.1) is 6.04 Å². The first-order chi connectivity index (χ1) is 9.04. The fourth-order valence-corrected chi connectivity index (χ4v) is 3.67. The van der Waals surface area contributed by atoms with Crippen molar-refractivity contribution >= 4 is 0 Å². The van der Waals surface area contributed by atoms with Gasteiger partial charge >= 0.3 is 0 Å². The molecule has 1 aromatic carbocycles. The normalized spacial score (nSPS) is 25.3. The first kappa shape index (κ1) is 14.5. The quantitative estimate of drug-likeness (QED) is 0.882. The van der Waals surface area contributed by atoms with Crippen LogP contribution in [0.25, 0.3) is 0 Å². The van der Waals surface area contributed by atoms with E-state index in [1.165, 1.54) is 41.6 Å². The molecule has 2 rings (SSSR count). The molecule has 1 aliphatic rings. The number of aryl methyl sites for hydroxylation is 3. The molecule has 1 aromatic rings. The molecule has 2 N–H and O–H groups in total. The SMILES string of the molecule is CCN1CCCCC(N)C1c1c(C)cc(C)cc1C. The lowest BCUT2D eigenvalue weighted by atomic mass is 9.88. The van der Waals surface area contributed by atoms with Crippen LogP contribution in [0, 0.1) is 20.8 Å². The van der Waals surface area contributed by atoms with Crippen LogP contribution >= 0.6 is 0 Å². The molecule has 0 aromatic heterocycles. The zero-order valence-electron chi connectivity index (χ0n) is 12.9. The van der Waals surface area contributed by atoms with Crippen molar-refractivity contribution in [2.75, 3.05) is 13.1 Å². The topological polar surface area (TPSA) is 29.3 Å². The van der Waals surface area contributed by atoms with E-state index in [1.54, 1.807) is 0 Å². The van der Waals surface area contributed by atoms with Gasteiger partial charge in [-0.25, -0.2) is 0 Å². The molecule has 1 heterocycles. The fraction of sp³-hybridized carbons (Fsp3) is 0.647. The monoisotopic (exact) mass is 260 g/mol. The highest BCUT2D eigenvalue weighted by Gasteiger charge is 2.29. The van der Waals surface area contributed by atoms with Crippen molar-refractivity contribution in [3.63, 3.8) is 0 Å². The van der Waals surface area contributed by atoms with Gasteiger partial charge in [-0.2, -0.15) is 0 Å². The number of likely N-dealkylation sites (N-methyl/N-ethyl adjacent to an activating group) is 1. The molecule has 0 radical (unpaired) electrons. The minimum Gasteiger partial charge on any atom is -0.326 e. The van der Waals surface area contributed by atoms with Crippen LogP contribution in [0.15, 0.2) is 12.1 Å². The van der Waals surface area contributed by atoms with Gasteiger partial charge in [-0.3, -0.25) is 4.90 Å². The van der Waals surface area contributed by atoms with E-state index >= 15 is 0 Å². The van der Waals surface area contributed by atoms with Crippen LogP contribution < -0.4 is 5.73 Å². The van der Waals surface area contributed by atoms with Crippen molar-refractivity contribution in [1.29, 1.82) is 0 Å². The Bertz CT molecular complexity index is 416. The summed E-state index contributed by atoms with van der Waals surface area (Å²) in [5.41, 5.74) is 12.1. The van der Waals surface area contributed by atoms with E-state index in [0.717, 1.165) is 13.0 Å². The molecule has 106 valence electrons. The Balaban J connectivity index is 2.46. The number of nitrogens with two attached hydrogens (primary N) is 1. The summed E-state index contributed by atoms with van der Waals surface area (Å²) in [6.07, 6.45) is 3.69. The van der Waals surface area contributed by atoms with Crippen LogP contribution in [0.3, 0.4) is 0 Å². The summed E-state index contributed by atoms with van der Waals surface area (Å²) >= 11 is 0. The van der Waals surface area contributed by atoms with Crippen molar-refractivity contribution in [2.24, 2.45) is 5.73 Å². The lowest BCUT2D eigenvalue weighted by molar-refractivity contribution is 0.194. The first-order valence-electron chi connectivity index (χ1n) is 7.62. The molecule has 1 saturated heterocycles. The Morgan fingerprint density at radius 2 is 1.79 bits per heavy atom. The van der Waals surface area contributed by atoms with E-state index in [2.05, 4.69) is 44.7 Å². The van der Waals surface area contributed by atoms with Crippen LogP contribution in [-0.4, -0.2) is 24.0 Å². The van der Waals surface area contributed by atoms with E-state index in [4.69, 9.17) is 5.73 Å². The van der Waals surface area contributed by atoms with Crippen molar-refractivity contribution in [3.05, 3.63) is 34.4 Å². The maximum atomic E-state index is 6.51. The molecule has 19 heavy (non-hydrogen) atoms. The molecular weight excluding hydrogens is 232 g/mol. The lowest BCUT2D eigenvalue weighted by Gasteiger charge is -2.35. The zero-order chi connectivity index (χ0) is 14.0. The molecule has 0 amide bonds. The summed E-state index contributed by atoms with van der Waals surface area (Å²) in [6.45, 7) is 11.2. The standard InChI is InChI=1S/C17H28N2/c1-5-19-9-7-6-8-15(18)17(19)16-13(3)10-12(2)11-14(16)4/h10-11,15,17H,5-9,18H2,1-4H3. The van der Waals surface area contributed by atoms with Crippen molar-refractivity contribution in [3.8, 4) is 0 Å². The highest BCUT2D eigenvalue weighted by molar-refractivity contribution is 5.40. The second-order valence-corrected chi connectivity index (χ2v) is 6.05. The Hall–Kier alpha value is -0.860. The molecule has 0 bridgehead atoms. The van der Waals surface area contributed by atoms with Crippen molar-refractivity contribution in [2.45, 2.75) is 59.0 Å². The Kier molecular flexibility index (Phi) is 4.64. The number of nitrogens with zero attached hydrogens (tertiary/aromatic N) is 1. The third-order valence-electron chi connectivity index (χ3n) is 4.47. The summed E-state index contributed by atoms with van der Waals surface area (Å²) in [7, 11) is 0. The largest absolute Gasteiger partial charge is 0.326 e. The van der Waals surface area contributed by atoms with Gasteiger partial charge in [0.1, 0.15) is 0 Å². The molecule has 2 unspecified atom stereocenters. The minimum atomic E-state index is 0.266.